The number of anilines is 1. The number of likely N-dealkylation sites (N-methyl/N-ethyl adjacent to an activating group) is 2. The zero-order chi connectivity index (χ0) is 45.6. The summed E-state index contributed by atoms with van der Waals surface area (Å²) >= 11 is 0. The highest BCUT2D eigenvalue weighted by molar-refractivity contribution is 5.90. The van der Waals surface area contributed by atoms with Crippen LogP contribution in [0.2, 0.25) is 0 Å². The van der Waals surface area contributed by atoms with E-state index in [0.717, 1.165) is 24.0 Å². The number of nitrogens with one attached hydrogen (secondary N) is 3. The van der Waals surface area contributed by atoms with Gasteiger partial charge in [-0.3, -0.25) is 28.9 Å². The van der Waals surface area contributed by atoms with Crippen molar-refractivity contribution >= 4 is 35.2 Å². The number of benzene rings is 2. The second kappa shape index (κ2) is 24.2. The molecule has 1 saturated heterocycles. The fourth-order valence-electron chi connectivity index (χ4n) is 8.72. The molecule has 5 amide bonds. The number of nitrogen functional groups attached to an aromatic ring is 1. The molecule has 1 aliphatic rings. The van der Waals surface area contributed by atoms with Gasteiger partial charge in [0.2, 0.25) is 29.5 Å². The lowest BCUT2D eigenvalue weighted by atomic mass is 9.89. The second-order valence-corrected chi connectivity index (χ2v) is 17.7. The number of nitrogens with zero attached hydrogens (tertiary/aromatic N) is 3. The van der Waals surface area contributed by atoms with Crippen LogP contribution in [0, 0.1) is 23.7 Å². The van der Waals surface area contributed by atoms with E-state index in [0.29, 0.717) is 18.7 Å². The van der Waals surface area contributed by atoms with Gasteiger partial charge in [0, 0.05) is 46.5 Å². The SMILES string of the molecule is CC[C@H](C)[C@@H]([C@@H](CC(=O)N1CCC[C@H]1[C@H](OC)[C@@H](C)C(=O)NC(Cc1ccccc1)C(=O)NCc1ccc(N)cc1)OC)N(C)C(=O)[C@@H](NC(=O)[C@H](C(C)C)N(C)C)C(C)C. The molecule has 0 bridgehead atoms. The van der Waals surface area contributed by atoms with Gasteiger partial charge in [0.25, 0.3) is 0 Å². The first-order valence-corrected chi connectivity index (χ1v) is 21.9. The summed E-state index contributed by atoms with van der Waals surface area (Å²) in [5, 5.41) is 9.00. The van der Waals surface area contributed by atoms with E-state index in [1.807, 2.05) is 103 Å². The van der Waals surface area contributed by atoms with Crippen molar-refractivity contribution in [2.45, 2.75) is 130 Å². The lowest BCUT2D eigenvalue weighted by Gasteiger charge is -2.41. The molecule has 9 atom stereocenters. The fourth-order valence-corrected chi connectivity index (χ4v) is 8.72. The van der Waals surface area contributed by atoms with Gasteiger partial charge in [-0.15, -0.1) is 0 Å². The van der Waals surface area contributed by atoms with Crippen LogP contribution >= 0.6 is 0 Å². The average Bonchev–Trinajstić information content (AvgIpc) is 3.71. The number of carbonyl (C=O) groups excluding carboxylic acids is 5. The van der Waals surface area contributed by atoms with Gasteiger partial charge in [-0.05, 0) is 68.0 Å². The molecule has 1 aliphatic heterocycles. The Labute approximate surface area is 365 Å². The van der Waals surface area contributed by atoms with Crippen LogP contribution in [0.4, 0.5) is 5.69 Å². The molecular formula is C47H75N7O7. The number of methoxy groups -OCH3 is 2. The predicted octanol–water partition coefficient (Wildman–Crippen LogP) is 4.26. The molecule has 0 radical (unpaired) electrons. The van der Waals surface area contributed by atoms with Crippen molar-refractivity contribution in [1.82, 2.24) is 30.7 Å². The summed E-state index contributed by atoms with van der Waals surface area (Å²) in [5.41, 5.74) is 8.23. The van der Waals surface area contributed by atoms with Crippen LogP contribution in [-0.4, -0.2) is 129 Å². The molecule has 1 unspecified atom stereocenters. The summed E-state index contributed by atoms with van der Waals surface area (Å²) in [6.45, 7) is 14.4. The topological polar surface area (TPSA) is 176 Å². The van der Waals surface area contributed by atoms with Gasteiger partial charge in [-0.2, -0.15) is 0 Å². The Morgan fingerprint density at radius 2 is 1.46 bits per heavy atom. The highest BCUT2D eigenvalue weighted by Crippen LogP contribution is 2.30. The number of nitrogens with two attached hydrogens (primary N) is 1. The minimum Gasteiger partial charge on any atom is -0.399 e. The molecule has 2 aromatic carbocycles. The van der Waals surface area contributed by atoms with E-state index in [2.05, 4.69) is 16.0 Å². The molecule has 3 rings (SSSR count). The van der Waals surface area contributed by atoms with Gasteiger partial charge in [-0.25, -0.2) is 0 Å². The van der Waals surface area contributed by atoms with Crippen LogP contribution in [0.25, 0.3) is 0 Å². The largest absolute Gasteiger partial charge is 0.399 e. The minimum absolute atomic E-state index is 0.00127. The first-order chi connectivity index (χ1) is 28.9. The molecule has 2 aromatic rings. The summed E-state index contributed by atoms with van der Waals surface area (Å²) in [6.07, 6.45) is 1.04. The van der Waals surface area contributed by atoms with Crippen molar-refractivity contribution in [3.05, 3.63) is 65.7 Å². The molecular weight excluding hydrogens is 775 g/mol. The van der Waals surface area contributed by atoms with Gasteiger partial charge in [0.1, 0.15) is 12.1 Å². The maximum atomic E-state index is 14.4. The van der Waals surface area contributed by atoms with E-state index in [1.165, 1.54) is 0 Å². The monoisotopic (exact) mass is 850 g/mol. The number of ether oxygens (including phenoxy) is 2. The standard InChI is InChI=1S/C47H75N7O7/c1-13-31(6)42(53(10)47(59)40(29(2)3)51-46(58)41(30(4)5)52(8)9)38(60-11)27-39(55)54-25-17-20-37(54)43(61-12)32(7)44(56)50-36(26-33-18-15-14-16-19-33)45(57)49-28-34-21-23-35(48)24-22-34/h14-16,18-19,21-24,29-32,36-38,40-43H,13,17,20,25-28,48H2,1-12H3,(H,49,57)(H,50,56)(H,51,58)/t31-,32+,36?,37-,38+,40-,41-,42-,43+/m0/s1. The lowest BCUT2D eigenvalue weighted by molar-refractivity contribution is -0.148. The maximum Gasteiger partial charge on any atom is 0.245 e. The number of hydrogen-bond donors (Lipinski definition) is 4. The fraction of sp³-hybridized carbons (Fsp3) is 0.638. The van der Waals surface area contributed by atoms with E-state index in [-0.39, 0.29) is 66.7 Å². The molecule has 5 N–H and O–H groups in total. The summed E-state index contributed by atoms with van der Waals surface area (Å²) < 4.78 is 12.1. The molecule has 0 aliphatic carbocycles. The van der Waals surface area contributed by atoms with Gasteiger partial charge in [0.15, 0.2) is 0 Å². The molecule has 14 nitrogen and oxygen atoms in total. The summed E-state index contributed by atoms with van der Waals surface area (Å²) in [7, 11) is 8.53. The normalized spacial score (nSPS) is 18.1. The van der Waals surface area contributed by atoms with Crippen LogP contribution in [0.5, 0.6) is 0 Å². The number of likely N-dealkylation sites (tertiary alicyclic amines) is 1. The van der Waals surface area contributed by atoms with Crippen molar-refractivity contribution in [3.8, 4) is 0 Å². The molecule has 340 valence electrons. The number of carbonyl (C=O) groups is 5. The maximum absolute atomic E-state index is 14.4. The van der Waals surface area contributed by atoms with Crippen molar-refractivity contribution in [2.75, 3.05) is 47.6 Å². The molecule has 1 heterocycles. The Morgan fingerprint density at radius 3 is 2.00 bits per heavy atom. The molecule has 0 aromatic heterocycles. The van der Waals surface area contributed by atoms with Gasteiger partial charge < -0.3 is 41.0 Å². The van der Waals surface area contributed by atoms with E-state index in [4.69, 9.17) is 15.2 Å². The van der Waals surface area contributed by atoms with Gasteiger partial charge >= 0.3 is 0 Å². The van der Waals surface area contributed by atoms with Crippen molar-refractivity contribution < 1.29 is 33.4 Å². The molecule has 14 heteroatoms. The second-order valence-electron chi connectivity index (χ2n) is 17.7. The summed E-state index contributed by atoms with van der Waals surface area (Å²) in [5.74, 6) is -2.22. The van der Waals surface area contributed by atoms with E-state index in [1.54, 1.807) is 50.1 Å². The highest BCUT2D eigenvalue weighted by atomic mass is 16.5. The van der Waals surface area contributed by atoms with Crippen molar-refractivity contribution in [2.24, 2.45) is 23.7 Å². The number of hydrogen-bond acceptors (Lipinski definition) is 9. The number of rotatable bonds is 23. The third-order valence-corrected chi connectivity index (χ3v) is 12.3. The minimum atomic E-state index is -0.863. The lowest BCUT2D eigenvalue weighted by Crippen LogP contribution is -2.59. The van der Waals surface area contributed by atoms with Crippen LogP contribution in [0.15, 0.2) is 54.6 Å². The first-order valence-electron chi connectivity index (χ1n) is 21.9. The quantitative estimate of drug-likeness (QED) is 0.119. The van der Waals surface area contributed by atoms with E-state index >= 15 is 0 Å². The first kappa shape index (κ1) is 50.8. The Morgan fingerprint density at radius 1 is 0.820 bits per heavy atom. The third kappa shape index (κ3) is 14.0. The van der Waals surface area contributed by atoms with E-state index in [9.17, 15) is 24.0 Å². The molecule has 0 saturated carbocycles. The van der Waals surface area contributed by atoms with Crippen molar-refractivity contribution in [3.63, 3.8) is 0 Å². The average molecular weight is 850 g/mol. The highest BCUT2D eigenvalue weighted by Gasteiger charge is 2.43. The molecule has 0 spiro atoms. The Kier molecular flexibility index (Phi) is 20.2. The Balaban J connectivity index is 1.79. The van der Waals surface area contributed by atoms with Gasteiger partial charge in [-0.1, -0.05) is 97.4 Å². The van der Waals surface area contributed by atoms with Crippen LogP contribution < -0.4 is 21.7 Å². The van der Waals surface area contributed by atoms with Crippen LogP contribution in [-0.2, 0) is 46.4 Å². The van der Waals surface area contributed by atoms with Crippen molar-refractivity contribution in [1.29, 1.82) is 0 Å². The molecule has 1 fully saturated rings. The summed E-state index contributed by atoms with van der Waals surface area (Å²) in [4.78, 5) is 75.2. The number of amides is 5. The smallest absolute Gasteiger partial charge is 0.245 e. The zero-order valence-corrected chi connectivity index (χ0v) is 38.8. The summed E-state index contributed by atoms with van der Waals surface area (Å²) in [6, 6.07) is 13.8. The Bertz CT molecular complexity index is 1700. The third-order valence-electron chi connectivity index (χ3n) is 12.3. The Hall–Kier alpha value is -4.53. The predicted molar refractivity (Wildman–Crippen MR) is 240 cm³/mol. The van der Waals surface area contributed by atoms with Crippen LogP contribution in [0.1, 0.15) is 85.3 Å². The zero-order valence-electron chi connectivity index (χ0n) is 38.8. The van der Waals surface area contributed by atoms with Gasteiger partial charge in [0.05, 0.1) is 42.7 Å². The molecule has 61 heavy (non-hydrogen) atoms. The van der Waals surface area contributed by atoms with Crippen LogP contribution in [0.3, 0.4) is 0 Å². The van der Waals surface area contributed by atoms with E-state index < -0.39 is 48.3 Å².